The van der Waals surface area contributed by atoms with Gasteiger partial charge in [-0.1, -0.05) is 30.3 Å². The van der Waals surface area contributed by atoms with Gasteiger partial charge in [0.05, 0.1) is 23.5 Å². The molecule has 0 bridgehead atoms. The van der Waals surface area contributed by atoms with Crippen LogP contribution in [0.4, 0.5) is 5.82 Å². The highest BCUT2D eigenvalue weighted by Crippen LogP contribution is 2.29. The summed E-state index contributed by atoms with van der Waals surface area (Å²) in [5.41, 5.74) is 0.579. The second-order valence-corrected chi connectivity index (χ2v) is 7.85. The second kappa shape index (κ2) is 6.45. The summed E-state index contributed by atoms with van der Waals surface area (Å²) in [6.45, 7) is 6.45. The maximum absolute atomic E-state index is 13.1. The Morgan fingerprint density at radius 2 is 1.58 bits per heavy atom. The molecule has 2 heterocycles. The molecular weight excluding hydrogens is 350 g/mol. The van der Waals surface area contributed by atoms with Gasteiger partial charge in [-0.2, -0.15) is 17.6 Å². The van der Waals surface area contributed by atoms with Crippen LogP contribution in [0.25, 0.3) is 10.9 Å². The third kappa shape index (κ3) is 2.72. The van der Waals surface area contributed by atoms with Crippen molar-refractivity contribution in [3.8, 4) is 0 Å². The molecule has 26 heavy (non-hydrogen) atoms. The van der Waals surface area contributed by atoms with E-state index >= 15 is 0 Å². The summed E-state index contributed by atoms with van der Waals surface area (Å²) in [6, 6.07) is 15.8. The molecule has 0 amide bonds. The van der Waals surface area contributed by atoms with Crippen molar-refractivity contribution in [1.82, 2.24) is 14.2 Å². The molecule has 0 spiro atoms. The molecule has 0 N–H and O–H groups in total. The molecule has 1 aromatic heterocycles. The van der Waals surface area contributed by atoms with Crippen molar-refractivity contribution in [2.75, 3.05) is 31.1 Å². The summed E-state index contributed by atoms with van der Waals surface area (Å²) in [4.78, 5) is 2.32. The van der Waals surface area contributed by atoms with Gasteiger partial charge in [0.15, 0.2) is 5.82 Å². The van der Waals surface area contributed by atoms with E-state index in [0.29, 0.717) is 24.4 Å². The molecule has 0 unspecified atom stereocenters. The molecule has 3 aromatic rings. The normalized spacial score (nSPS) is 15.4. The van der Waals surface area contributed by atoms with Gasteiger partial charge in [0.1, 0.15) is 0 Å². The lowest BCUT2D eigenvalue weighted by molar-refractivity contribution is 0.272. The van der Waals surface area contributed by atoms with Gasteiger partial charge in [0.25, 0.3) is 10.0 Å². The van der Waals surface area contributed by atoms with Gasteiger partial charge in [-0.25, -0.2) is 0 Å². The second-order valence-electron chi connectivity index (χ2n) is 6.08. The summed E-state index contributed by atoms with van der Waals surface area (Å²) >= 11 is 0. The Labute approximate surface area is 152 Å². The van der Waals surface area contributed by atoms with Crippen LogP contribution in [-0.2, 0) is 10.0 Å². The number of fused-ring (bicyclic) bond motifs is 1. The van der Waals surface area contributed by atoms with Gasteiger partial charge in [-0.3, -0.25) is 5.01 Å². The summed E-state index contributed by atoms with van der Waals surface area (Å²) in [6.07, 6.45) is 0. The zero-order valence-electron chi connectivity index (χ0n) is 14.2. The zero-order valence-corrected chi connectivity index (χ0v) is 15.0. The Bertz CT molecular complexity index is 1040. The van der Waals surface area contributed by atoms with E-state index in [4.69, 9.17) is 0 Å². The molecular formula is C18H19N5O2S. The first-order valence-electron chi connectivity index (χ1n) is 8.36. The molecule has 7 nitrogen and oxygen atoms in total. The van der Waals surface area contributed by atoms with Crippen LogP contribution in [-0.4, -0.2) is 55.5 Å². The number of hydrazone groups is 1. The molecule has 1 aliphatic rings. The summed E-state index contributed by atoms with van der Waals surface area (Å²) in [5, 5.41) is 11.2. The molecule has 0 atom stereocenters. The zero-order chi connectivity index (χ0) is 18.1. The molecule has 0 radical (unpaired) electrons. The fourth-order valence-corrected chi connectivity index (χ4v) is 4.49. The van der Waals surface area contributed by atoms with Crippen LogP contribution >= 0.6 is 0 Å². The van der Waals surface area contributed by atoms with E-state index in [1.54, 1.807) is 36.4 Å². The number of anilines is 1. The van der Waals surface area contributed by atoms with Crippen molar-refractivity contribution in [1.29, 1.82) is 0 Å². The van der Waals surface area contributed by atoms with Crippen molar-refractivity contribution in [2.45, 2.75) is 4.90 Å². The number of rotatable bonds is 4. The van der Waals surface area contributed by atoms with Crippen LogP contribution in [0.2, 0.25) is 0 Å². The highest BCUT2D eigenvalue weighted by molar-refractivity contribution is 7.90. The molecule has 2 aromatic carbocycles. The largest absolute Gasteiger partial charge is 0.351 e. The standard InChI is InChI=1S/C18H19N5O2S/c1-19-22-13-11-21(12-14-22)18-16-9-5-6-10-17(16)23(20-18)26(24,25)15-7-3-2-4-8-15/h2-10H,1,11-14H2. The van der Waals surface area contributed by atoms with Gasteiger partial charge in [0.2, 0.25) is 0 Å². The number of benzene rings is 2. The van der Waals surface area contributed by atoms with Gasteiger partial charge in [0, 0.05) is 25.2 Å². The summed E-state index contributed by atoms with van der Waals surface area (Å²) in [5.74, 6) is 0.684. The number of para-hydroxylation sites is 1. The smallest absolute Gasteiger partial charge is 0.283 e. The SMILES string of the molecule is C=NN1CCN(c2nn(S(=O)(=O)c3ccccc3)c3ccccc23)CC1. The maximum Gasteiger partial charge on any atom is 0.283 e. The predicted octanol–water partition coefficient (Wildman–Crippen LogP) is 2.01. The average molecular weight is 369 g/mol. The Balaban J connectivity index is 1.82. The number of nitrogens with zero attached hydrogens (tertiary/aromatic N) is 5. The third-order valence-corrected chi connectivity index (χ3v) is 6.16. The van der Waals surface area contributed by atoms with E-state index in [2.05, 4.69) is 21.8 Å². The van der Waals surface area contributed by atoms with Gasteiger partial charge < -0.3 is 4.90 Å². The first-order chi connectivity index (χ1) is 12.6. The van der Waals surface area contributed by atoms with Crippen molar-refractivity contribution >= 4 is 33.5 Å². The van der Waals surface area contributed by atoms with Crippen molar-refractivity contribution in [3.05, 3.63) is 54.6 Å². The lowest BCUT2D eigenvalue weighted by Gasteiger charge is -2.33. The number of hydrogen-bond acceptors (Lipinski definition) is 6. The quantitative estimate of drug-likeness (QED) is 0.658. The minimum Gasteiger partial charge on any atom is -0.351 e. The monoisotopic (exact) mass is 369 g/mol. The van der Waals surface area contributed by atoms with Gasteiger partial charge >= 0.3 is 0 Å². The molecule has 1 saturated heterocycles. The van der Waals surface area contributed by atoms with Crippen LogP contribution in [0.1, 0.15) is 0 Å². The fourth-order valence-electron chi connectivity index (χ4n) is 3.18. The van der Waals surface area contributed by atoms with E-state index in [-0.39, 0.29) is 4.90 Å². The van der Waals surface area contributed by atoms with Gasteiger partial charge in [-0.05, 0) is 24.3 Å². The van der Waals surface area contributed by atoms with E-state index < -0.39 is 10.0 Å². The Morgan fingerprint density at radius 1 is 0.923 bits per heavy atom. The Morgan fingerprint density at radius 3 is 2.27 bits per heavy atom. The first-order valence-corrected chi connectivity index (χ1v) is 9.80. The lowest BCUT2D eigenvalue weighted by atomic mass is 10.2. The van der Waals surface area contributed by atoms with Crippen LogP contribution in [0.15, 0.2) is 64.6 Å². The highest BCUT2D eigenvalue weighted by atomic mass is 32.2. The predicted molar refractivity (Wildman–Crippen MR) is 102 cm³/mol. The van der Waals surface area contributed by atoms with Crippen LogP contribution in [0.3, 0.4) is 0 Å². The molecule has 134 valence electrons. The van der Waals surface area contributed by atoms with Crippen molar-refractivity contribution in [3.63, 3.8) is 0 Å². The summed E-state index contributed by atoms with van der Waals surface area (Å²) in [7, 11) is -3.76. The fraction of sp³-hybridized carbons (Fsp3) is 0.222. The van der Waals surface area contributed by atoms with E-state index in [9.17, 15) is 8.42 Å². The number of hydrogen-bond donors (Lipinski definition) is 0. The van der Waals surface area contributed by atoms with Crippen LogP contribution < -0.4 is 4.90 Å². The lowest BCUT2D eigenvalue weighted by Crippen LogP contribution is -2.44. The maximum atomic E-state index is 13.1. The molecule has 4 rings (SSSR count). The highest BCUT2D eigenvalue weighted by Gasteiger charge is 2.26. The van der Waals surface area contributed by atoms with E-state index in [1.807, 2.05) is 23.2 Å². The Kier molecular flexibility index (Phi) is 4.12. The van der Waals surface area contributed by atoms with E-state index in [1.165, 1.54) is 0 Å². The number of piperazine rings is 1. The molecule has 1 fully saturated rings. The molecule has 1 aliphatic heterocycles. The number of aromatic nitrogens is 2. The first kappa shape index (κ1) is 16.6. The topological polar surface area (TPSA) is 70.8 Å². The molecule has 8 heteroatoms. The minimum absolute atomic E-state index is 0.223. The minimum atomic E-state index is -3.76. The molecule has 0 saturated carbocycles. The van der Waals surface area contributed by atoms with Gasteiger partial charge in [-0.15, -0.1) is 5.10 Å². The van der Waals surface area contributed by atoms with Crippen molar-refractivity contribution < 1.29 is 8.42 Å². The Hall–Kier alpha value is -2.87. The average Bonchev–Trinajstić information content (AvgIpc) is 3.09. The molecule has 0 aliphatic carbocycles. The van der Waals surface area contributed by atoms with Crippen LogP contribution in [0, 0.1) is 0 Å². The third-order valence-electron chi connectivity index (χ3n) is 4.56. The van der Waals surface area contributed by atoms with Crippen molar-refractivity contribution in [2.24, 2.45) is 5.10 Å². The van der Waals surface area contributed by atoms with E-state index in [0.717, 1.165) is 22.6 Å². The summed E-state index contributed by atoms with van der Waals surface area (Å²) < 4.78 is 27.3. The van der Waals surface area contributed by atoms with Crippen LogP contribution in [0.5, 0.6) is 0 Å².